The Hall–Kier alpha value is -2.50. The van der Waals surface area contributed by atoms with Crippen molar-refractivity contribution in [3.05, 3.63) is 59.2 Å². The Morgan fingerprint density at radius 3 is 2.70 bits per heavy atom. The van der Waals surface area contributed by atoms with Gasteiger partial charge >= 0.3 is 0 Å². The average Bonchev–Trinajstić information content (AvgIpc) is 2.65. The van der Waals surface area contributed by atoms with Crippen molar-refractivity contribution in [2.24, 2.45) is 0 Å². The van der Waals surface area contributed by atoms with E-state index < -0.39 is 0 Å². The first-order valence-electron chi connectivity index (χ1n) is 8.77. The number of nitrogens with zero attached hydrogens (tertiary/aromatic N) is 1. The molecule has 0 aliphatic carbocycles. The highest BCUT2D eigenvalue weighted by molar-refractivity contribution is 6.31. The number of phenols is 1. The Labute approximate surface area is 164 Å². The molecule has 1 heterocycles. The molecule has 5 nitrogen and oxygen atoms in total. The molecule has 27 heavy (non-hydrogen) atoms. The molecule has 2 aromatic carbocycles. The monoisotopic (exact) mass is 385 g/mol. The van der Waals surface area contributed by atoms with E-state index in [9.17, 15) is 5.11 Å². The number of phenolic OH excluding ortho intramolecular Hbond substituents is 1. The number of anilines is 1. The number of nitrogens with one attached hydrogen (secondary N) is 2. The van der Waals surface area contributed by atoms with Gasteiger partial charge in [0.05, 0.1) is 12.6 Å². The number of methoxy groups -OCH3 is 1. The van der Waals surface area contributed by atoms with E-state index >= 15 is 0 Å². The molecule has 3 aromatic rings. The molecule has 0 spiro atoms. The third-order valence-corrected chi connectivity index (χ3v) is 4.71. The van der Waals surface area contributed by atoms with Crippen LogP contribution in [0.3, 0.4) is 0 Å². The van der Waals surface area contributed by atoms with Crippen LogP contribution in [-0.4, -0.2) is 29.3 Å². The molecule has 0 radical (unpaired) electrons. The van der Waals surface area contributed by atoms with Gasteiger partial charge in [-0.05, 0) is 44.2 Å². The molecule has 3 rings (SSSR count). The summed E-state index contributed by atoms with van der Waals surface area (Å²) < 4.78 is 5.12. The van der Waals surface area contributed by atoms with Crippen molar-refractivity contribution < 1.29 is 9.84 Å². The molecule has 0 unspecified atom stereocenters. The normalized spacial score (nSPS) is 11.6. The molecule has 0 aliphatic rings. The maximum absolute atomic E-state index is 10.1. The predicted octanol–water partition coefficient (Wildman–Crippen LogP) is 4.58. The van der Waals surface area contributed by atoms with Crippen molar-refractivity contribution in [1.82, 2.24) is 10.3 Å². The van der Waals surface area contributed by atoms with Crippen molar-refractivity contribution in [3.8, 4) is 11.5 Å². The Morgan fingerprint density at radius 2 is 1.96 bits per heavy atom. The minimum Gasteiger partial charge on any atom is -0.507 e. The van der Waals surface area contributed by atoms with Crippen molar-refractivity contribution in [2.75, 3.05) is 19.0 Å². The molecule has 0 atom stereocenters. The topological polar surface area (TPSA) is 66.4 Å². The van der Waals surface area contributed by atoms with Gasteiger partial charge in [-0.3, -0.25) is 4.98 Å². The van der Waals surface area contributed by atoms with Gasteiger partial charge in [-0.25, -0.2) is 0 Å². The lowest BCUT2D eigenvalue weighted by molar-refractivity contribution is 0.391. The minimum absolute atomic E-state index is 0.200. The quantitative estimate of drug-likeness (QED) is 0.555. The van der Waals surface area contributed by atoms with Crippen LogP contribution in [0.5, 0.6) is 11.5 Å². The van der Waals surface area contributed by atoms with Gasteiger partial charge in [0.25, 0.3) is 0 Å². The summed E-state index contributed by atoms with van der Waals surface area (Å²) >= 11 is 6.05. The third-order valence-electron chi connectivity index (χ3n) is 4.48. The summed E-state index contributed by atoms with van der Waals surface area (Å²) in [5.41, 5.74) is 2.50. The molecule has 1 aromatic heterocycles. The zero-order valence-electron chi connectivity index (χ0n) is 15.7. The first kappa shape index (κ1) is 19.3. The summed E-state index contributed by atoms with van der Waals surface area (Å²) in [4.78, 5) is 4.37. The van der Waals surface area contributed by atoms with E-state index in [2.05, 4.69) is 29.5 Å². The number of hydrogen-bond donors (Lipinski definition) is 3. The Kier molecular flexibility index (Phi) is 5.73. The highest BCUT2D eigenvalue weighted by atomic mass is 35.5. The Bertz CT molecular complexity index is 944. The highest BCUT2D eigenvalue weighted by Gasteiger charge is 2.18. The number of halogens is 1. The first-order valence-corrected chi connectivity index (χ1v) is 9.15. The van der Waals surface area contributed by atoms with Crippen LogP contribution in [0.15, 0.2) is 48.7 Å². The van der Waals surface area contributed by atoms with E-state index in [1.54, 1.807) is 19.4 Å². The smallest absolute Gasteiger partial charge is 0.123 e. The van der Waals surface area contributed by atoms with Crippen molar-refractivity contribution in [3.63, 3.8) is 0 Å². The number of ether oxygens (including phenoxy) is 1. The summed E-state index contributed by atoms with van der Waals surface area (Å²) in [5.74, 6) is 0.865. The van der Waals surface area contributed by atoms with E-state index in [1.165, 1.54) is 0 Å². The van der Waals surface area contributed by atoms with E-state index in [0.29, 0.717) is 23.9 Å². The van der Waals surface area contributed by atoms with Gasteiger partial charge in [-0.15, -0.1) is 0 Å². The fraction of sp³-hybridized carbons (Fsp3) is 0.286. The molecule has 0 bridgehead atoms. The molecule has 3 N–H and O–H groups in total. The number of benzene rings is 2. The van der Waals surface area contributed by atoms with Crippen LogP contribution in [0.2, 0.25) is 5.02 Å². The molecular formula is C21H24ClN3O2. The summed E-state index contributed by atoms with van der Waals surface area (Å²) in [6.07, 6.45) is 1.77. The van der Waals surface area contributed by atoms with Crippen LogP contribution < -0.4 is 15.4 Å². The van der Waals surface area contributed by atoms with Gasteiger partial charge in [-0.1, -0.05) is 17.7 Å². The SMILES string of the molecule is COc1ccc(CNC(C)(C)CNc2ccnc3cc(Cl)ccc23)c(O)c1. The number of hydrogen-bond acceptors (Lipinski definition) is 5. The van der Waals surface area contributed by atoms with Gasteiger partial charge in [0.15, 0.2) is 0 Å². The molecule has 6 heteroatoms. The average molecular weight is 386 g/mol. The Morgan fingerprint density at radius 1 is 1.15 bits per heavy atom. The fourth-order valence-electron chi connectivity index (χ4n) is 2.81. The lowest BCUT2D eigenvalue weighted by Gasteiger charge is -2.28. The zero-order chi connectivity index (χ0) is 19.4. The molecule has 142 valence electrons. The van der Waals surface area contributed by atoms with Gasteiger partial charge < -0.3 is 20.5 Å². The third kappa shape index (κ3) is 4.81. The number of aromatic nitrogens is 1. The van der Waals surface area contributed by atoms with Crippen molar-refractivity contribution in [1.29, 1.82) is 0 Å². The molecule has 0 saturated heterocycles. The van der Waals surface area contributed by atoms with Crippen LogP contribution in [-0.2, 0) is 6.54 Å². The first-order chi connectivity index (χ1) is 12.9. The largest absolute Gasteiger partial charge is 0.507 e. The fourth-order valence-corrected chi connectivity index (χ4v) is 2.98. The number of aromatic hydroxyl groups is 1. The molecule has 0 saturated carbocycles. The van der Waals surface area contributed by atoms with E-state index in [-0.39, 0.29) is 11.3 Å². The van der Waals surface area contributed by atoms with E-state index in [1.807, 2.05) is 36.4 Å². The molecule has 0 fully saturated rings. The van der Waals surface area contributed by atoms with Crippen molar-refractivity contribution >= 4 is 28.2 Å². The Balaban J connectivity index is 1.65. The maximum atomic E-state index is 10.1. The lowest BCUT2D eigenvalue weighted by Crippen LogP contribution is -2.44. The van der Waals surface area contributed by atoms with Crippen molar-refractivity contribution in [2.45, 2.75) is 25.9 Å². The number of rotatable bonds is 7. The summed E-state index contributed by atoms with van der Waals surface area (Å²) in [6.45, 7) is 5.48. The maximum Gasteiger partial charge on any atom is 0.123 e. The molecule has 0 amide bonds. The minimum atomic E-state index is -0.200. The second-order valence-electron chi connectivity index (χ2n) is 7.11. The summed E-state index contributed by atoms with van der Waals surface area (Å²) in [6, 6.07) is 13.0. The standard InChI is InChI=1S/C21H24ClN3O2/c1-21(2,25-12-14-4-6-16(27-3)11-20(14)26)13-24-18-8-9-23-19-10-15(22)5-7-17(18)19/h4-11,25-26H,12-13H2,1-3H3,(H,23,24). The second-order valence-corrected chi connectivity index (χ2v) is 7.54. The second kappa shape index (κ2) is 8.03. The highest BCUT2D eigenvalue weighted by Crippen LogP contribution is 2.26. The van der Waals surface area contributed by atoms with Gasteiger partial charge in [-0.2, -0.15) is 0 Å². The molecule has 0 aliphatic heterocycles. The predicted molar refractivity (Wildman–Crippen MR) is 111 cm³/mol. The van der Waals surface area contributed by atoms with E-state index in [4.69, 9.17) is 16.3 Å². The van der Waals surface area contributed by atoms with Crippen LogP contribution in [0.25, 0.3) is 10.9 Å². The summed E-state index contributed by atoms with van der Waals surface area (Å²) in [5, 5.41) is 18.8. The van der Waals surface area contributed by atoms with Crippen LogP contribution in [0.4, 0.5) is 5.69 Å². The van der Waals surface area contributed by atoms with Crippen LogP contribution in [0.1, 0.15) is 19.4 Å². The number of fused-ring (bicyclic) bond motifs is 1. The molecular weight excluding hydrogens is 362 g/mol. The zero-order valence-corrected chi connectivity index (χ0v) is 16.5. The van der Waals surface area contributed by atoms with Gasteiger partial charge in [0, 0.05) is 52.6 Å². The van der Waals surface area contributed by atoms with Crippen LogP contribution in [0, 0.1) is 0 Å². The van der Waals surface area contributed by atoms with Crippen LogP contribution >= 0.6 is 11.6 Å². The van der Waals surface area contributed by atoms with Gasteiger partial charge in [0.1, 0.15) is 11.5 Å². The van der Waals surface area contributed by atoms with Gasteiger partial charge in [0.2, 0.25) is 0 Å². The lowest BCUT2D eigenvalue weighted by atomic mass is 10.0. The number of pyridine rings is 1. The van der Waals surface area contributed by atoms with E-state index in [0.717, 1.165) is 22.2 Å². The summed E-state index contributed by atoms with van der Waals surface area (Å²) in [7, 11) is 1.58.